The molecule has 0 N–H and O–H groups in total. The third-order valence-electron chi connectivity index (χ3n) is 3.29. The van der Waals surface area contributed by atoms with Crippen LogP contribution in [0.4, 0.5) is 0 Å². The van der Waals surface area contributed by atoms with Crippen LogP contribution in [-0.2, 0) is 24.2 Å². The Kier molecular flexibility index (Phi) is 3.60. The molecule has 19 heavy (non-hydrogen) atoms. The highest BCUT2D eigenvalue weighted by atomic mass is 32.1. The molecule has 2 heterocycles. The van der Waals surface area contributed by atoms with E-state index < -0.39 is 0 Å². The molecule has 2 aromatic heterocycles. The van der Waals surface area contributed by atoms with E-state index >= 15 is 0 Å². The Morgan fingerprint density at radius 2 is 2.26 bits per heavy atom. The lowest BCUT2D eigenvalue weighted by atomic mass is 9.99. The number of carbonyl (C=O) groups is 1. The van der Waals surface area contributed by atoms with Crippen LogP contribution in [0.5, 0.6) is 0 Å². The smallest absolute Gasteiger partial charge is 0.348 e. The lowest BCUT2D eigenvalue weighted by molar-refractivity contribution is 0.0478. The molecule has 1 aliphatic carbocycles. The van der Waals surface area contributed by atoms with Gasteiger partial charge in [0.15, 0.2) is 0 Å². The van der Waals surface area contributed by atoms with Gasteiger partial charge in [0.1, 0.15) is 11.5 Å². The predicted octanol–water partition coefficient (Wildman–Crippen LogP) is 3.38. The standard InChI is InChI=1S/C15H15NO2S/c17-15(18-10-11-4-3-7-16-9-11)14-8-12-5-1-2-6-13(12)19-14/h3-4,7-9H,1-2,5-6,10H2. The quantitative estimate of drug-likeness (QED) is 0.805. The van der Waals surface area contributed by atoms with E-state index in [0.29, 0.717) is 0 Å². The number of pyridine rings is 1. The molecule has 2 aromatic rings. The van der Waals surface area contributed by atoms with E-state index in [1.165, 1.54) is 23.3 Å². The molecule has 0 atom stereocenters. The molecule has 0 fully saturated rings. The van der Waals surface area contributed by atoms with Crippen molar-refractivity contribution < 1.29 is 9.53 Å². The first-order chi connectivity index (χ1) is 9.33. The summed E-state index contributed by atoms with van der Waals surface area (Å²) in [5.74, 6) is -0.219. The maximum Gasteiger partial charge on any atom is 0.348 e. The zero-order chi connectivity index (χ0) is 13.1. The molecule has 0 bridgehead atoms. The summed E-state index contributed by atoms with van der Waals surface area (Å²) in [6.07, 6.45) is 8.09. The molecule has 0 aromatic carbocycles. The van der Waals surface area contributed by atoms with Gasteiger partial charge in [-0.25, -0.2) is 4.79 Å². The van der Waals surface area contributed by atoms with Gasteiger partial charge in [0.25, 0.3) is 0 Å². The van der Waals surface area contributed by atoms with Crippen molar-refractivity contribution in [1.82, 2.24) is 4.98 Å². The molecule has 0 unspecified atom stereocenters. The summed E-state index contributed by atoms with van der Waals surface area (Å²) in [4.78, 5) is 18.1. The highest BCUT2D eigenvalue weighted by Crippen LogP contribution is 2.30. The second kappa shape index (κ2) is 5.53. The van der Waals surface area contributed by atoms with Crippen LogP contribution in [0.2, 0.25) is 0 Å². The van der Waals surface area contributed by atoms with E-state index in [4.69, 9.17) is 4.74 Å². The van der Waals surface area contributed by atoms with E-state index in [0.717, 1.165) is 23.3 Å². The van der Waals surface area contributed by atoms with Crippen molar-refractivity contribution in [1.29, 1.82) is 0 Å². The fourth-order valence-corrected chi connectivity index (χ4v) is 3.44. The predicted molar refractivity (Wildman–Crippen MR) is 74.3 cm³/mol. The summed E-state index contributed by atoms with van der Waals surface area (Å²) >= 11 is 1.59. The maximum absolute atomic E-state index is 12.0. The van der Waals surface area contributed by atoms with Crippen molar-refractivity contribution in [3.05, 3.63) is 51.5 Å². The normalized spacial score (nSPS) is 13.9. The van der Waals surface area contributed by atoms with E-state index in [-0.39, 0.29) is 12.6 Å². The fourth-order valence-electron chi connectivity index (χ4n) is 2.29. The first-order valence-corrected chi connectivity index (χ1v) is 7.32. The van der Waals surface area contributed by atoms with Crippen molar-refractivity contribution in [3.8, 4) is 0 Å². The number of nitrogens with zero attached hydrogens (tertiary/aromatic N) is 1. The van der Waals surface area contributed by atoms with Crippen LogP contribution in [-0.4, -0.2) is 11.0 Å². The van der Waals surface area contributed by atoms with Gasteiger partial charge in [-0.3, -0.25) is 4.98 Å². The van der Waals surface area contributed by atoms with Gasteiger partial charge in [-0.15, -0.1) is 11.3 Å². The minimum atomic E-state index is -0.219. The molecular formula is C15H15NO2S. The van der Waals surface area contributed by atoms with Crippen LogP contribution in [0.1, 0.15) is 38.5 Å². The molecule has 0 saturated heterocycles. The maximum atomic E-state index is 12.0. The number of ether oxygens (including phenoxy) is 1. The Morgan fingerprint density at radius 3 is 3.05 bits per heavy atom. The van der Waals surface area contributed by atoms with Crippen molar-refractivity contribution in [2.45, 2.75) is 32.3 Å². The second-order valence-electron chi connectivity index (χ2n) is 4.70. The number of fused-ring (bicyclic) bond motifs is 1. The zero-order valence-corrected chi connectivity index (χ0v) is 11.4. The molecule has 1 aliphatic rings. The highest BCUT2D eigenvalue weighted by Gasteiger charge is 2.18. The molecule has 98 valence electrons. The summed E-state index contributed by atoms with van der Waals surface area (Å²) in [6.45, 7) is 0.287. The molecule has 0 radical (unpaired) electrons. The summed E-state index contributed by atoms with van der Waals surface area (Å²) in [6, 6.07) is 5.75. The van der Waals surface area contributed by atoms with Gasteiger partial charge in [0.05, 0.1) is 0 Å². The minimum absolute atomic E-state index is 0.219. The van der Waals surface area contributed by atoms with Crippen molar-refractivity contribution in [2.75, 3.05) is 0 Å². The average molecular weight is 273 g/mol. The van der Waals surface area contributed by atoms with E-state index in [9.17, 15) is 4.79 Å². The number of thiophene rings is 1. The molecule has 0 spiro atoms. The monoisotopic (exact) mass is 273 g/mol. The SMILES string of the molecule is O=C(OCc1cccnc1)c1cc2c(s1)CCCC2. The summed E-state index contributed by atoms with van der Waals surface area (Å²) in [5.41, 5.74) is 2.25. The lowest BCUT2D eigenvalue weighted by Crippen LogP contribution is -2.03. The van der Waals surface area contributed by atoms with Gasteiger partial charge in [-0.2, -0.15) is 0 Å². The van der Waals surface area contributed by atoms with Crippen LogP contribution in [0, 0.1) is 0 Å². The third kappa shape index (κ3) is 2.84. The molecule has 3 nitrogen and oxygen atoms in total. The second-order valence-corrected chi connectivity index (χ2v) is 5.84. The summed E-state index contributed by atoms with van der Waals surface area (Å²) in [7, 11) is 0. The largest absolute Gasteiger partial charge is 0.457 e. The van der Waals surface area contributed by atoms with Gasteiger partial charge >= 0.3 is 5.97 Å². The Labute approximate surface area is 116 Å². The van der Waals surface area contributed by atoms with Crippen LogP contribution in [0.25, 0.3) is 0 Å². The first-order valence-electron chi connectivity index (χ1n) is 6.50. The van der Waals surface area contributed by atoms with Gasteiger partial charge in [-0.1, -0.05) is 6.07 Å². The molecule has 0 aliphatic heterocycles. The summed E-state index contributed by atoms with van der Waals surface area (Å²) in [5, 5.41) is 0. The average Bonchev–Trinajstić information content (AvgIpc) is 2.90. The lowest BCUT2D eigenvalue weighted by Gasteiger charge is -2.08. The number of rotatable bonds is 3. The Bertz CT molecular complexity index is 554. The molecular weight excluding hydrogens is 258 g/mol. The van der Waals surface area contributed by atoms with Crippen LogP contribution in [0.3, 0.4) is 0 Å². The van der Waals surface area contributed by atoms with Crippen LogP contribution in [0.15, 0.2) is 30.6 Å². The number of aryl methyl sites for hydroxylation is 2. The Hall–Kier alpha value is -1.68. The number of carbonyl (C=O) groups excluding carboxylic acids is 1. The number of hydrogen-bond acceptors (Lipinski definition) is 4. The molecule has 0 amide bonds. The Morgan fingerprint density at radius 1 is 1.37 bits per heavy atom. The summed E-state index contributed by atoms with van der Waals surface area (Å²) < 4.78 is 5.32. The number of aromatic nitrogens is 1. The van der Waals surface area contributed by atoms with Crippen molar-refractivity contribution >= 4 is 17.3 Å². The number of esters is 1. The van der Waals surface area contributed by atoms with E-state index in [1.54, 1.807) is 23.7 Å². The fraction of sp³-hybridized carbons (Fsp3) is 0.333. The van der Waals surface area contributed by atoms with Gasteiger partial charge in [-0.05, 0) is 43.4 Å². The van der Waals surface area contributed by atoms with E-state index in [2.05, 4.69) is 4.98 Å². The zero-order valence-electron chi connectivity index (χ0n) is 10.6. The number of hydrogen-bond donors (Lipinski definition) is 0. The Balaban J connectivity index is 1.65. The minimum Gasteiger partial charge on any atom is -0.457 e. The van der Waals surface area contributed by atoms with Crippen LogP contribution >= 0.6 is 11.3 Å². The van der Waals surface area contributed by atoms with Gasteiger partial charge in [0, 0.05) is 22.8 Å². The molecule has 3 rings (SSSR count). The van der Waals surface area contributed by atoms with Crippen LogP contribution < -0.4 is 0 Å². The van der Waals surface area contributed by atoms with Gasteiger partial charge < -0.3 is 4.74 Å². The van der Waals surface area contributed by atoms with E-state index in [1.807, 2.05) is 18.2 Å². The topological polar surface area (TPSA) is 39.2 Å². The van der Waals surface area contributed by atoms with Crippen molar-refractivity contribution in [2.24, 2.45) is 0 Å². The molecule has 4 heteroatoms. The first kappa shape index (κ1) is 12.4. The van der Waals surface area contributed by atoms with Gasteiger partial charge in [0.2, 0.25) is 0 Å². The molecule has 0 saturated carbocycles. The van der Waals surface area contributed by atoms with Crippen molar-refractivity contribution in [3.63, 3.8) is 0 Å². The highest BCUT2D eigenvalue weighted by molar-refractivity contribution is 7.14. The third-order valence-corrected chi connectivity index (χ3v) is 4.51.